The molecule has 3 rings (SSSR count). The molecular weight excluding hydrogens is 379 g/mol. The zero-order valence-electron chi connectivity index (χ0n) is 16.2. The number of nitrogens with one attached hydrogen (secondary N) is 1. The topological polar surface area (TPSA) is 58.0 Å². The Balaban J connectivity index is 1.87. The quantitative estimate of drug-likeness (QED) is 0.581. The number of hydrogen-bond donors (Lipinski definition) is 2. The molecule has 0 aliphatic carbocycles. The van der Waals surface area contributed by atoms with Gasteiger partial charge in [-0.05, 0) is 37.1 Å². The maximum Gasteiger partial charge on any atom is 0.397 e. The number of halogens is 3. The third kappa shape index (κ3) is 5.12. The van der Waals surface area contributed by atoms with E-state index >= 15 is 0 Å². The number of anilines is 2. The molecule has 0 fully saturated rings. The van der Waals surface area contributed by atoms with E-state index < -0.39 is 18.7 Å². The first-order valence-electron chi connectivity index (χ1n) is 9.29. The Hall–Kier alpha value is -2.93. The third-order valence-electron chi connectivity index (χ3n) is 4.58. The minimum atomic E-state index is -4.49. The maximum absolute atomic E-state index is 13.0. The van der Waals surface area contributed by atoms with Crippen LogP contribution in [-0.4, -0.2) is 27.9 Å². The lowest BCUT2D eigenvalue weighted by molar-refractivity contribution is -0.158. The van der Waals surface area contributed by atoms with Crippen molar-refractivity contribution in [1.82, 2.24) is 9.97 Å². The minimum absolute atomic E-state index is 0.0166. The van der Waals surface area contributed by atoms with Crippen molar-refractivity contribution < 1.29 is 18.3 Å². The normalized spacial score (nSPS) is 12.6. The maximum atomic E-state index is 13.0. The van der Waals surface area contributed by atoms with Gasteiger partial charge in [-0.3, -0.25) is 0 Å². The van der Waals surface area contributed by atoms with E-state index in [1.165, 1.54) is 12.1 Å². The first-order chi connectivity index (χ1) is 13.8. The van der Waals surface area contributed by atoms with Crippen molar-refractivity contribution in [2.45, 2.75) is 32.4 Å². The molecule has 0 saturated carbocycles. The number of benzene rings is 2. The van der Waals surface area contributed by atoms with Crippen LogP contribution >= 0.6 is 0 Å². The van der Waals surface area contributed by atoms with Gasteiger partial charge in [0.1, 0.15) is 11.7 Å². The fourth-order valence-corrected chi connectivity index (χ4v) is 3.00. The highest BCUT2D eigenvalue weighted by atomic mass is 19.4. The Labute approximate surface area is 167 Å². The van der Waals surface area contributed by atoms with E-state index in [0.29, 0.717) is 17.3 Å². The van der Waals surface area contributed by atoms with Gasteiger partial charge < -0.3 is 10.4 Å². The Morgan fingerprint density at radius 2 is 1.76 bits per heavy atom. The molecule has 0 saturated heterocycles. The molecule has 1 unspecified atom stereocenters. The van der Waals surface area contributed by atoms with Gasteiger partial charge in [0.2, 0.25) is 0 Å². The SMILES string of the molecule is CCc1cc(Nc2ccc(C(CO)C(F)(F)F)cc2)nc(-c2cccc(C)c2)n1. The number of nitrogens with zero attached hydrogens (tertiary/aromatic N) is 2. The molecule has 0 bridgehead atoms. The molecule has 7 heteroatoms. The molecule has 152 valence electrons. The van der Waals surface area contributed by atoms with E-state index in [1.54, 1.807) is 12.1 Å². The summed E-state index contributed by atoms with van der Waals surface area (Å²) in [6.07, 6.45) is -3.77. The average molecular weight is 401 g/mol. The smallest absolute Gasteiger partial charge is 0.395 e. The second-order valence-corrected chi connectivity index (χ2v) is 6.81. The van der Waals surface area contributed by atoms with Crippen LogP contribution in [0.3, 0.4) is 0 Å². The van der Waals surface area contributed by atoms with Crippen molar-refractivity contribution in [3.05, 3.63) is 71.4 Å². The summed E-state index contributed by atoms with van der Waals surface area (Å²) >= 11 is 0. The van der Waals surface area contributed by atoms with Crippen LogP contribution in [0, 0.1) is 6.92 Å². The predicted octanol–water partition coefficient (Wildman–Crippen LogP) is 5.40. The largest absolute Gasteiger partial charge is 0.397 e. The molecule has 0 spiro atoms. The monoisotopic (exact) mass is 401 g/mol. The van der Waals surface area contributed by atoms with Gasteiger partial charge in [-0.15, -0.1) is 0 Å². The lowest BCUT2D eigenvalue weighted by Crippen LogP contribution is -2.23. The van der Waals surface area contributed by atoms with Gasteiger partial charge >= 0.3 is 6.18 Å². The van der Waals surface area contributed by atoms with E-state index in [-0.39, 0.29) is 5.56 Å². The van der Waals surface area contributed by atoms with Gasteiger partial charge in [0.15, 0.2) is 5.82 Å². The van der Waals surface area contributed by atoms with Crippen molar-refractivity contribution in [3.8, 4) is 11.4 Å². The summed E-state index contributed by atoms with van der Waals surface area (Å²) in [4.78, 5) is 9.14. The molecule has 2 aromatic carbocycles. The van der Waals surface area contributed by atoms with E-state index in [9.17, 15) is 13.2 Å². The van der Waals surface area contributed by atoms with E-state index in [2.05, 4.69) is 15.3 Å². The van der Waals surface area contributed by atoms with Crippen molar-refractivity contribution >= 4 is 11.5 Å². The van der Waals surface area contributed by atoms with Crippen LogP contribution in [0.15, 0.2) is 54.6 Å². The van der Waals surface area contributed by atoms with Crippen molar-refractivity contribution in [3.63, 3.8) is 0 Å². The van der Waals surface area contributed by atoms with Crippen LogP contribution in [0.5, 0.6) is 0 Å². The standard InChI is InChI=1S/C22H22F3N3O/c1-3-17-12-20(28-21(27-17)16-6-4-5-14(2)11-16)26-18-9-7-15(8-10-18)19(13-29)22(23,24)25/h4-12,19,29H,3,13H2,1-2H3,(H,26,27,28). The average Bonchev–Trinajstić information content (AvgIpc) is 2.68. The van der Waals surface area contributed by atoms with Crippen molar-refractivity contribution in [1.29, 1.82) is 0 Å². The van der Waals surface area contributed by atoms with Crippen LogP contribution < -0.4 is 5.32 Å². The highest BCUT2D eigenvalue weighted by Crippen LogP contribution is 2.35. The predicted molar refractivity (Wildman–Crippen MR) is 107 cm³/mol. The molecule has 4 nitrogen and oxygen atoms in total. The molecule has 3 aromatic rings. The van der Waals surface area contributed by atoms with E-state index in [1.807, 2.05) is 44.2 Å². The zero-order chi connectivity index (χ0) is 21.0. The zero-order valence-corrected chi connectivity index (χ0v) is 16.2. The highest BCUT2D eigenvalue weighted by molar-refractivity contribution is 5.62. The number of rotatable bonds is 6. The fourth-order valence-electron chi connectivity index (χ4n) is 3.00. The second kappa shape index (κ2) is 8.61. The minimum Gasteiger partial charge on any atom is -0.395 e. The van der Waals surface area contributed by atoms with Crippen LogP contribution in [0.4, 0.5) is 24.7 Å². The van der Waals surface area contributed by atoms with Gasteiger partial charge in [-0.2, -0.15) is 13.2 Å². The third-order valence-corrected chi connectivity index (χ3v) is 4.58. The first-order valence-corrected chi connectivity index (χ1v) is 9.29. The van der Waals surface area contributed by atoms with Crippen LogP contribution in [0.25, 0.3) is 11.4 Å². The van der Waals surface area contributed by atoms with E-state index in [4.69, 9.17) is 5.11 Å². The van der Waals surface area contributed by atoms with Crippen molar-refractivity contribution in [2.75, 3.05) is 11.9 Å². The van der Waals surface area contributed by atoms with Gasteiger partial charge in [-0.25, -0.2) is 9.97 Å². The Bertz CT molecular complexity index is 972. The summed E-state index contributed by atoms with van der Waals surface area (Å²) in [5.41, 5.74) is 3.47. The molecule has 1 atom stereocenters. The number of aryl methyl sites for hydroxylation is 2. The first kappa shape index (κ1) is 20.8. The molecule has 0 amide bonds. The fraction of sp³-hybridized carbons (Fsp3) is 0.273. The molecule has 2 N–H and O–H groups in total. The van der Waals surface area contributed by atoms with E-state index in [0.717, 1.165) is 23.2 Å². The molecule has 0 aliphatic heterocycles. The molecular formula is C22H22F3N3O. The number of aliphatic hydroxyl groups excluding tert-OH is 1. The molecule has 0 radical (unpaired) electrons. The summed E-state index contributed by atoms with van der Waals surface area (Å²) in [5.74, 6) is -0.740. The van der Waals surface area contributed by atoms with Crippen molar-refractivity contribution in [2.24, 2.45) is 0 Å². The Morgan fingerprint density at radius 3 is 2.34 bits per heavy atom. The summed E-state index contributed by atoms with van der Waals surface area (Å²) < 4.78 is 38.9. The molecule has 1 aromatic heterocycles. The number of aliphatic hydroxyl groups is 1. The molecule has 0 aliphatic rings. The number of hydrogen-bond acceptors (Lipinski definition) is 4. The second-order valence-electron chi connectivity index (χ2n) is 6.81. The lowest BCUT2D eigenvalue weighted by Gasteiger charge is -2.18. The Morgan fingerprint density at radius 1 is 1.03 bits per heavy atom. The number of aromatic nitrogens is 2. The van der Waals surface area contributed by atoms with Gasteiger partial charge in [0.25, 0.3) is 0 Å². The van der Waals surface area contributed by atoms with Gasteiger partial charge in [0, 0.05) is 23.0 Å². The highest BCUT2D eigenvalue weighted by Gasteiger charge is 2.40. The van der Waals surface area contributed by atoms with Gasteiger partial charge in [0.05, 0.1) is 6.61 Å². The Kier molecular flexibility index (Phi) is 6.17. The summed E-state index contributed by atoms with van der Waals surface area (Å²) in [7, 11) is 0. The lowest BCUT2D eigenvalue weighted by atomic mass is 9.99. The number of alkyl halides is 3. The summed E-state index contributed by atoms with van der Waals surface area (Å²) in [6.45, 7) is 3.00. The van der Waals surface area contributed by atoms with Gasteiger partial charge in [-0.1, -0.05) is 42.8 Å². The molecule has 1 heterocycles. The summed E-state index contributed by atoms with van der Waals surface area (Å²) in [6, 6.07) is 15.5. The van der Waals surface area contributed by atoms with Crippen LogP contribution in [0.2, 0.25) is 0 Å². The van der Waals surface area contributed by atoms with Crippen LogP contribution in [0.1, 0.15) is 29.7 Å². The molecule has 29 heavy (non-hydrogen) atoms. The summed E-state index contributed by atoms with van der Waals surface area (Å²) in [5, 5.41) is 12.2. The van der Waals surface area contributed by atoms with Crippen LogP contribution in [-0.2, 0) is 6.42 Å².